The van der Waals surface area contributed by atoms with Gasteiger partial charge >= 0.3 is 18.5 Å². The molecule has 1 saturated heterocycles. The quantitative estimate of drug-likeness (QED) is 0.358. The topological polar surface area (TPSA) is 105 Å². The average Bonchev–Trinajstić information content (AvgIpc) is 2.82. The zero-order valence-corrected chi connectivity index (χ0v) is 18.1. The van der Waals surface area contributed by atoms with Gasteiger partial charge in [-0.15, -0.1) is 0 Å². The van der Waals surface area contributed by atoms with Gasteiger partial charge in [0.2, 0.25) is 5.82 Å². The lowest BCUT2D eigenvalue weighted by atomic mass is 9.79. The molecule has 8 nitrogen and oxygen atoms in total. The number of nitro benzene ring substituents is 2. The molecule has 12 heteroatoms. The highest BCUT2D eigenvalue weighted by Gasteiger charge is 2.51. The molecule has 1 heterocycles. The Bertz CT molecular complexity index is 973. The Morgan fingerprint density at radius 2 is 1.30 bits per heavy atom. The minimum absolute atomic E-state index is 0.432. The zero-order valence-electron chi connectivity index (χ0n) is 16.5. The molecule has 2 aromatic rings. The summed E-state index contributed by atoms with van der Waals surface area (Å²) in [5.41, 5.74) is -1.69. The number of nitrogens with zero attached hydrogens (tertiary/aromatic N) is 2. The van der Waals surface area contributed by atoms with E-state index in [0.717, 1.165) is 24.3 Å². The molecule has 0 amide bonds. The van der Waals surface area contributed by atoms with E-state index in [2.05, 4.69) is 15.9 Å². The molecule has 0 aromatic heterocycles. The van der Waals surface area contributed by atoms with Crippen LogP contribution in [0.1, 0.15) is 27.7 Å². The fraction of sp³-hybridized carbons (Fsp3) is 0.333. The predicted molar refractivity (Wildman–Crippen MR) is 110 cm³/mol. The van der Waals surface area contributed by atoms with E-state index in [0.29, 0.717) is 9.94 Å². The molecule has 160 valence electrons. The summed E-state index contributed by atoms with van der Waals surface area (Å²) in [5.74, 6) is -1.72. The van der Waals surface area contributed by atoms with Crippen LogP contribution in [0.4, 0.5) is 20.2 Å². The molecule has 0 aliphatic carbocycles. The normalized spacial score (nSPS) is 16.6. The van der Waals surface area contributed by atoms with Crippen molar-refractivity contribution in [1.82, 2.24) is 0 Å². The third kappa shape index (κ3) is 5.18. The Labute approximate surface area is 179 Å². The van der Waals surface area contributed by atoms with Crippen molar-refractivity contribution in [1.29, 1.82) is 0 Å². The van der Waals surface area contributed by atoms with Gasteiger partial charge in [0.05, 0.1) is 21.0 Å². The Morgan fingerprint density at radius 3 is 1.70 bits per heavy atom. The van der Waals surface area contributed by atoms with E-state index in [1.807, 2.05) is 27.7 Å². The van der Waals surface area contributed by atoms with E-state index in [1.54, 1.807) is 0 Å². The van der Waals surface area contributed by atoms with Gasteiger partial charge in [-0.05, 0) is 51.4 Å². The van der Waals surface area contributed by atoms with Crippen molar-refractivity contribution in [2.24, 2.45) is 0 Å². The first-order valence-electron chi connectivity index (χ1n) is 8.64. The maximum absolute atomic E-state index is 13.6. The third-order valence-corrected chi connectivity index (χ3v) is 5.29. The summed E-state index contributed by atoms with van der Waals surface area (Å²) in [6.07, 6.45) is 0. The number of halogens is 3. The Hall–Kier alpha value is -2.44. The summed E-state index contributed by atoms with van der Waals surface area (Å²) < 4.78 is 38.2. The van der Waals surface area contributed by atoms with E-state index >= 15 is 0 Å². The highest BCUT2D eigenvalue weighted by atomic mass is 79.9. The Morgan fingerprint density at radius 1 is 0.867 bits per heavy atom. The van der Waals surface area contributed by atoms with Crippen LogP contribution in [-0.2, 0) is 9.31 Å². The lowest BCUT2D eigenvalue weighted by Gasteiger charge is -2.32. The second-order valence-corrected chi connectivity index (χ2v) is 8.32. The van der Waals surface area contributed by atoms with Gasteiger partial charge in [0.15, 0.2) is 5.82 Å². The van der Waals surface area contributed by atoms with Gasteiger partial charge in [-0.25, -0.2) is 0 Å². The van der Waals surface area contributed by atoms with E-state index in [-0.39, 0.29) is 0 Å². The van der Waals surface area contributed by atoms with Gasteiger partial charge in [0, 0.05) is 16.6 Å². The lowest BCUT2D eigenvalue weighted by Crippen LogP contribution is -2.41. The molecule has 1 aliphatic heterocycles. The number of nitro groups is 2. The van der Waals surface area contributed by atoms with Gasteiger partial charge in [0.25, 0.3) is 0 Å². The number of hydrogen-bond acceptors (Lipinski definition) is 6. The fourth-order valence-corrected chi connectivity index (χ4v) is 2.76. The zero-order chi connectivity index (χ0) is 22.9. The molecular formula is C18H18BBrF2N2O6. The van der Waals surface area contributed by atoms with Crippen molar-refractivity contribution in [3.05, 3.63) is 72.7 Å². The van der Waals surface area contributed by atoms with Crippen molar-refractivity contribution in [2.75, 3.05) is 0 Å². The van der Waals surface area contributed by atoms with Crippen molar-refractivity contribution in [3.8, 4) is 0 Å². The summed E-state index contributed by atoms with van der Waals surface area (Å²) in [5, 5.41) is 20.6. The van der Waals surface area contributed by atoms with E-state index in [4.69, 9.17) is 9.31 Å². The van der Waals surface area contributed by atoms with Crippen LogP contribution in [0.5, 0.6) is 0 Å². The number of benzene rings is 2. The molecule has 0 spiro atoms. The maximum atomic E-state index is 13.6. The fourth-order valence-electron chi connectivity index (χ4n) is 2.43. The largest absolute Gasteiger partial charge is 0.494 e. The van der Waals surface area contributed by atoms with Crippen LogP contribution in [0.25, 0.3) is 0 Å². The molecular weight excluding hydrogens is 469 g/mol. The maximum Gasteiger partial charge on any atom is 0.494 e. The molecule has 3 rings (SSSR count). The Balaban J connectivity index is 0.000000248. The third-order valence-electron chi connectivity index (χ3n) is 4.80. The molecule has 1 aliphatic rings. The van der Waals surface area contributed by atoms with Gasteiger partial charge < -0.3 is 9.31 Å². The minimum atomic E-state index is -0.891. The molecule has 0 bridgehead atoms. The smallest absolute Gasteiger partial charge is 0.399 e. The van der Waals surface area contributed by atoms with Gasteiger partial charge in [-0.1, -0.05) is 22.0 Å². The van der Waals surface area contributed by atoms with E-state index < -0.39 is 51.2 Å². The Kier molecular flexibility index (Phi) is 6.95. The second-order valence-electron chi connectivity index (χ2n) is 7.41. The molecule has 0 radical (unpaired) electrons. The number of rotatable bonds is 3. The first kappa shape index (κ1) is 23.8. The van der Waals surface area contributed by atoms with Crippen molar-refractivity contribution in [2.45, 2.75) is 38.9 Å². The molecule has 30 heavy (non-hydrogen) atoms. The summed E-state index contributed by atoms with van der Waals surface area (Å²) >= 11 is 2.98. The van der Waals surface area contributed by atoms with Crippen LogP contribution in [-0.4, -0.2) is 28.2 Å². The van der Waals surface area contributed by atoms with Crippen LogP contribution in [0, 0.1) is 31.9 Å². The highest BCUT2D eigenvalue weighted by molar-refractivity contribution is 9.10. The van der Waals surface area contributed by atoms with Gasteiger partial charge in [-0.2, -0.15) is 8.78 Å². The standard InChI is InChI=1S/C12H15BFNO4.C6H3BrFNO2/c1-11(2)12(3,4)19-13(18-11)8-5-6-10(15(16)17)9(14)7-8;7-4-1-2-6(9(10)11)5(8)3-4/h5-7H,1-4H3;1-3H. The van der Waals surface area contributed by atoms with Crippen molar-refractivity contribution < 1.29 is 27.9 Å². The van der Waals surface area contributed by atoms with Crippen molar-refractivity contribution in [3.63, 3.8) is 0 Å². The minimum Gasteiger partial charge on any atom is -0.399 e. The summed E-state index contributed by atoms with van der Waals surface area (Å²) in [6.45, 7) is 7.53. The van der Waals surface area contributed by atoms with E-state index in [1.165, 1.54) is 12.1 Å². The molecule has 2 aromatic carbocycles. The van der Waals surface area contributed by atoms with Crippen LogP contribution >= 0.6 is 15.9 Å². The molecule has 0 unspecified atom stereocenters. The first-order chi connectivity index (χ1) is 13.7. The second kappa shape index (κ2) is 8.74. The van der Waals surface area contributed by atoms with Crippen LogP contribution in [0.2, 0.25) is 0 Å². The lowest BCUT2D eigenvalue weighted by molar-refractivity contribution is -0.387. The molecule has 1 fully saturated rings. The number of hydrogen-bond donors (Lipinski definition) is 0. The van der Waals surface area contributed by atoms with Gasteiger partial charge in [-0.3, -0.25) is 20.2 Å². The molecule has 0 saturated carbocycles. The monoisotopic (exact) mass is 486 g/mol. The van der Waals surface area contributed by atoms with Crippen LogP contribution in [0.3, 0.4) is 0 Å². The van der Waals surface area contributed by atoms with Crippen molar-refractivity contribution >= 4 is 39.9 Å². The summed E-state index contributed by atoms with van der Waals surface area (Å²) in [7, 11) is -0.722. The van der Waals surface area contributed by atoms with Crippen LogP contribution < -0.4 is 5.46 Å². The average molecular weight is 487 g/mol. The highest BCUT2D eigenvalue weighted by Crippen LogP contribution is 2.36. The van der Waals surface area contributed by atoms with Gasteiger partial charge in [0.1, 0.15) is 0 Å². The first-order valence-corrected chi connectivity index (χ1v) is 9.43. The molecule has 0 atom stereocenters. The summed E-state index contributed by atoms with van der Waals surface area (Å²) in [4.78, 5) is 19.1. The predicted octanol–water partition coefficient (Wildman–Crippen LogP) is 4.53. The SMILES string of the molecule is CC1(C)OB(c2ccc([N+](=O)[O-])c(F)c2)OC1(C)C.O=[N+]([O-])c1ccc(Br)cc1F. The van der Waals surface area contributed by atoms with E-state index in [9.17, 15) is 29.0 Å². The summed E-state index contributed by atoms with van der Waals surface area (Å²) in [6, 6.07) is 7.23. The van der Waals surface area contributed by atoms with Crippen LogP contribution in [0.15, 0.2) is 40.9 Å². The molecule has 0 N–H and O–H groups in total.